The van der Waals surface area contributed by atoms with Gasteiger partial charge in [0, 0.05) is 30.0 Å². The van der Waals surface area contributed by atoms with Crippen LogP contribution in [0.15, 0.2) is 42.5 Å². The number of anilines is 3. The van der Waals surface area contributed by atoms with Gasteiger partial charge in [0.15, 0.2) is 0 Å². The quantitative estimate of drug-likeness (QED) is 0.743. The van der Waals surface area contributed by atoms with Crippen molar-refractivity contribution >= 4 is 29.0 Å². The molecule has 3 N–H and O–H groups in total. The fraction of sp³-hybridized carbons (Fsp3) is 0.263. The third kappa shape index (κ3) is 4.09. The van der Waals surface area contributed by atoms with E-state index in [4.69, 9.17) is 0 Å². The number of piperidine rings is 1. The van der Waals surface area contributed by atoms with Crippen LogP contribution in [0, 0.1) is 6.92 Å². The molecule has 0 spiro atoms. The van der Waals surface area contributed by atoms with Crippen molar-refractivity contribution in [3.05, 3.63) is 48.0 Å². The van der Waals surface area contributed by atoms with Crippen LogP contribution in [0.25, 0.3) is 0 Å². The van der Waals surface area contributed by atoms with Crippen LogP contribution in [-0.2, 0) is 4.79 Å². The molecule has 25 heavy (non-hydrogen) atoms. The Morgan fingerprint density at radius 3 is 2.72 bits per heavy atom. The van der Waals surface area contributed by atoms with Gasteiger partial charge in [0.2, 0.25) is 5.91 Å². The van der Waals surface area contributed by atoms with E-state index in [-0.39, 0.29) is 17.7 Å². The molecule has 1 aliphatic heterocycles. The van der Waals surface area contributed by atoms with Crippen molar-refractivity contribution in [2.75, 3.05) is 22.1 Å². The van der Waals surface area contributed by atoms with E-state index in [1.807, 2.05) is 12.1 Å². The van der Waals surface area contributed by atoms with Crippen LogP contribution in [0.3, 0.4) is 0 Å². The molecular formula is C19H21N3O3. The average molecular weight is 339 g/mol. The summed E-state index contributed by atoms with van der Waals surface area (Å²) >= 11 is 0. The van der Waals surface area contributed by atoms with Crippen LogP contribution in [0.2, 0.25) is 0 Å². The molecule has 3 rings (SSSR count). The number of carbonyl (C=O) groups is 2. The number of urea groups is 1. The van der Waals surface area contributed by atoms with Gasteiger partial charge in [0.25, 0.3) is 0 Å². The Kier molecular flexibility index (Phi) is 4.88. The van der Waals surface area contributed by atoms with Crippen LogP contribution < -0.4 is 15.5 Å². The number of hydrogen-bond acceptors (Lipinski definition) is 3. The molecule has 0 aromatic heterocycles. The average Bonchev–Trinajstić information content (AvgIpc) is 2.58. The third-order valence-electron chi connectivity index (χ3n) is 4.20. The summed E-state index contributed by atoms with van der Waals surface area (Å²) in [6.07, 6.45) is 2.49. The van der Waals surface area contributed by atoms with Crippen molar-refractivity contribution in [3.8, 4) is 5.75 Å². The zero-order valence-electron chi connectivity index (χ0n) is 14.1. The van der Waals surface area contributed by atoms with E-state index in [1.54, 1.807) is 36.1 Å². The lowest BCUT2D eigenvalue weighted by molar-refractivity contribution is -0.119. The van der Waals surface area contributed by atoms with Gasteiger partial charge >= 0.3 is 6.03 Å². The molecule has 0 atom stereocenters. The Bertz CT molecular complexity index is 804. The Morgan fingerprint density at radius 2 is 1.96 bits per heavy atom. The standard InChI is InChI=1S/C19H21N3O3/c1-13-11-16(23)8-9-17(13)21-19(25)20-14-5-4-6-15(12-14)22-10-3-2-7-18(22)24/h4-6,8-9,11-12,23H,2-3,7,10H2,1H3,(H2,20,21,25). The van der Waals surface area contributed by atoms with Crippen molar-refractivity contribution in [1.82, 2.24) is 0 Å². The molecule has 1 saturated heterocycles. The monoisotopic (exact) mass is 339 g/mol. The molecule has 6 nitrogen and oxygen atoms in total. The molecule has 0 radical (unpaired) electrons. The van der Waals surface area contributed by atoms with Crippen LogP contribution >= 0.6 is 0 Å². The molecule has 0 aliphatic carbocycles. The molecule has 0 unspecified atom stereocenters. The Balaban J connectivity index is 1.69. The zero-order valence-corrected chi connectivity index (χ0v) is 14.1. The Labute approximate surface area is 146 Å². The van der Waals surface area contributed by atoms with Crippen molar-refractivity contribution in [2.24, 2.45) is 0 Å². The fourth-order valence-corrected chi connectivity index (χ4v) is 2.90. The normalized spacial score (nSPS) is 14.3. The van der Waals surface area contributed by atoms with Crippen molar-refractivity contribution in [1.29, 1.82) is 0 Å². The fourth-order valence-electron chi connectivity index (χ4n) is 2.90. The number of carbonyl (C=O) groups excluding carboxylic acids is 2. The number of phenols is 1. The lowest BCUT2D eigenvalue weighted by Gasteiger charge is -2.27. The van der Waals surface area contributed by atoms with Crippen LogP contribution in [0.4, 0.5) is 21.9 Å². The summed E-state index contributed by atoms with van der Waals surface area (Å²) in [6, 6.07) is 11.6. The lowest BCUT2D eigenvalue weighted by atomic mass is 10.1. The first-order valence-corrected chi connectivity index (χ1v) is 8.31. The maximum atomic E-state index is 12.2. The Hall–Kier alpha value is -3.02. The first kappa shape index (κ1) is 16.8. The van der Waals surface area contributed by atoms with Crippen molar-refractivity contribution in [2.45, 2.75) is 26.2 Å². The minimum atomic E-state index is -0.379. The second-order valence-corrected chi connectivity index (χ2v) is 6.13. The van der Waals surface area contributed by atoms with Gasteiger partial charge in [-0.25, -0.2) is 4.79 Å². The van der Waals surface area contributed by atoms with Gasteiger partial charge in [-0.2, -0.15) is 0 Å². The maximum absolute atomic E-state index is 12.2. The first-order valence-electron chi connectivity index (χ1n) is 8.31. The largest absolute Gasteiger partial charge is 0.508 e. The number of benzene rings is 2. The second-order valence-electron chi connectivity index (χ2n) is 6.13. The van der Waals surface area contributed by atoms with Crippen LogP contribution in [0.1, 0.15) is 24.8 Å². The molecule has 2 aromatic rings. The summed E-state index contributed by atoms with van der Waals surface area (Å²) in [7, 11) is 0. The van der Waals surface area contributed by atoms with E-state index >= 15 is 0 Å². The van der Waals surface area contributed by atoms with Gasteiger partial charge in [-0.05, 0) is 61.7 Å². The predicted octanol–water partition coefficient (Wildman–Crippen LogP) is 3.86. The summed E-state index contributed by atoms with van der Waals surface area (Å²) in [4.78, 5) is 26.0. The predicted molar refractivity (Wildman–Crippen MR) is 98.1 cm³/mol. The zero-order chi connectivity index (χ0) is 17.8. The molecule has 1 heterocycles. The van der Waals surface area contributed by atoms with Gasteiger partial charge in [-0.15, -0.1) is 0 Å². The van der Waals surface area contributed by atoms with E-state index in [0.29, 0.717) is 24.3 Å². The van der Waals surface area contributed by atoms with E-state index in [1.165, 1.54) is 6.07 Å². The highest BCUT2D eigenvalue weighted by molar-refractivity contribution is 6.01. The molecule has 2 aromatic carbocycles. The highest BCUT2D eigenvalue weighted by atomic mass is 16.3. The summed E-state index contributed by atoms with van der Waals surface area (Å²) in [5, 5.41) is 15.0. The highest BCUT2D eigenvalue weighted by Gasteiger charge is 2.19. The van der Waals surface area contributed by atoms with Gasteiger partial charge in [-0.3, -0.25) is 4.79 Å². The summed E-state index contributed by atoms with van der Waals surface area (Å²) in [5.74, 6) is 0.273. The van der Waals surface area contributed by atoms with E-state index in [9.17, 15) is 14.7 Å². The number of nitrogens with zero attached hydrogens (tertiary/aromatic N) is 1. The van der Waals surface area contributed by atoms with Crippen LogP contribution in [-0.4, -0.2) is 23.6 Å². The highest BCUT2D eigenvalue weighted by Crippen LogP contribution is 2.24. The molecular weight excluding hydrogens is 318 g/mol. The van der Waals surface area contributed by atoms with E-state index in [0.717, 1.165) is 24.1 Å². The van der Waals surface area contributed by atoms with Crippen molar-refractivity contribution < 1.29 is 14.7 Å². The maximum Gasteiger partial charge on any atom is 0.323 e. The SMILES string of the molecule is Cc1cc(O)ccc1NC(=O)Nc1cccc(N2CCCCC2=O)c1. The molecule has 1 aliphatic rings. The first-order chi connectivity index (χ1) is 12.0. The van der Waals surface area contributed by atoms with E-state index in [2.05, 4.69) is 10.6 Å². The minimum Gasteiger partial charge on any atom is -0.508 e. The third-order valence-corrected chi connectivity index (χ3v) is 4.20. The second kappa shape index (κ2) is 7.25. The topological polar surface area (TPSA) is 81.7 Å². The number of nitrogens with one attached hydrogen (secondary N) is 2. The molecule has 130 valence electrons. The van der Waals surface area contributed by atoms with E-state index < -0.39 is 0 Å². The minimum absolute atomic E-state index is 0.118. The molecule has 3 amide bonds. The lowest BCUT2D eigenvalue weighted by Crippen LogP contribution is -2.35. The number of phenolic OH excluding ortho intramolecular Hbond substituents is 1. The number of amides is 3. The smallest absolute Gasteiger partial charge is 0.323 e. The summed E-state index contributed by atoms with van der Waals surface area (Å²) < 4.78 is 0. The number of hydrogen-bond donors (Lipinski definition) is 3. The molecule has 1 fully saturated rings. The summed E-state index contributed by atoms with van der Waals surface area (Å²) in [6.45, 7) is 2.51. The number of aromatic hydroxyl groups is 1. The van der Waals surface area contributed by atoms with Gasteiger partial charge < -0.3 is 20.6 Å². The number of rotatable bonds is 3. The molecule has 0 bridgehead atoms. The Morgan fingerprint density at radius 1 is 1.12 bits per heavy atom. The molecule has 6 heteroatoms. The van der Waals surface area contributed by atoms with Crippen molar-refractivity contribution in [3.63, 3.8) is 0 Å². The van der Waals surface area contributed by atoms with Crippen LogP contribution in [0.5, 0.6) is 5.75 Å². The number of aryl methyl sites for hydroxylation is 1. The van der Waals surface area contributed by atoms with Gasteiger partial charge in [-0.1, -0.05) is 6.07 Å². The summed E-state index contributed by atoms with van der Waals surface area (Å²) in [5.41, 5.74) is 2.80. The van der Waals surface area contributed by atoms with Gasteiger partial charge in [0.05, 0.1) is 0 Å². The molecule has 0 saturated carbocycles. The van der Waals surface area contributed by atoms with Gasteiger partial charge in [0.1, 0.15) is 5.75 Å².